The second kappa shape index (κ2) is 10.9. The number of phenols is 1. The number of aromatic hydroxyl groups is 1. The topological polar surface area (TPSA) is 96.7 Å². The first-order valence-corrected chi connectivity index (χ1v) is 13.9. The Balaban J connectivity index is 1.70. The lowest BCUT2D eigenvalue weighted by molar-refractivity contribution is -0.137. The van der Waals surface area contributed by atoms with Gasteiger partial charge in [-0.2, -0.15) is 17.5 Å². The van der Waals surface area contributed by atoms with Crippen molar-refractivity contribution < 1.29 is 31.1 Å². The molecule has 1 heterocycles. The minimum absolute atomic E-state index is 0.0744. The minimum Gasteiger partial charge on any atom is -0.505 e. The molecule has 0 aliphatic carbocycles. The molecule has 12 heteroatoms. The van der Waals surface area contributed by atoms with Crippen molar-refractivity contribution in [2.45, 2.75) is 25.6 Å². The lowest BCUT2D eigenvalue weighted by atomic mass is 10.0. The average Bonchev–Trinajstić information content (AvgIpc) is 2.86. The van der Waals surface area contributed by atoms with Crippen molar-refractivity contribution in [1.29, 1.82) is 5.41 Å². The van der Waals surface area contributed by atoms with Crippen LogP contribution in [0.5, 0.6) is 5.75 Å². The van der Waals surface area contributed by atoms with Crippen LogP contribution in [0, 0.1) is 11.2 Å². The number of halogens is 4. The van der Waals surface area contributed by atoms with Gasteiger partial charge in [-0.25, -0.2) is 12.8 Å². The highest BCUT2D eigenvalue weighted by Crippen LogP contribution is 2.38. The maximum Gasteiger partial charge on any atom is 0.416 e. The minimum atomic E-state index is -4.80. The van der Waals surface area contributed by atoms with Gasteiger partial charge in [-0.1, -0.05) is 30.3 Å². The monoisotopic (exact) mass is 564 g/mol. The van der Waals surface area contributed by atoms with Gasteiger partial charge in [-0.15, -0.1) is 0 Å². The molecule has 208 valence electrons. The molecule has 0 unspecified atom stereocenters. The van der Waals surface area contributed by atoms with E-state index < -0.39 is 39.0 Å². The number of nitrogens with zero attached hydrogens (tertiary/aromatic N) is 2. The molecule has 1 aliphatic heterocycles. The molecule has 0 aromatic heterocycles. The molecule has 1 atom stereocenters. The zero-order valence-corrected chi connectivity index (χ0v) is 22.1. The third-order valence-corrected chi connectivity index (χ3v) is 7.89. The number of hydrogen-bond donors (Lipinski definition) is 3. The molecule has 0 radical (unpaired) electrons. The van der Waals surface area contributed by atoms with Crippen molar-refractivity contribution >= 4 is 32.8 Å². The van der Waals surface area contributed by atoms with Crippen LogP contribution >= 0.6 is 0 Å². The van der Waals surface area contributed by atoms with E-state index in [0.717, 1.165) is 5.56 Å². The summed E-state index contributed by atoms with van der Waals surface area (Å²) in [5, 5.41) is 20.6. The Kier molecular flexibility index (Phi) is 7.89. The molecule has 1 saturated heterocycles. The van der Waals surface area contributed by atoms with Crippen LogP contribution in [0.25, 0.3) is 0 Å². The number of phenolic OH excluding ortho intramolecular Hbond substituents is 1. The Morgan fingerprint density at radius 3 is 2.38 bits per heavy atom. The van der Waals surface area contributed by atoms with E-state index in [2.05, 4.69) is 5.32 Å². The fraction of sp³-hybridized carbons (Fsp3) is 0.296. The molecule has 39 heavy (non-hydrogen) atoms. The van der Waals surface area contributed by atoms with Crippen molar-refractivity contribution in [3.63, 3.8) is 0 Å². The van der Waals surface area contributed by atoms with Gasteiger partial charge in [0.15, 0.2) is 11.6 Å². The first-order valence-electron chi connectivity index (χ1n) is 12.1. The summed E-state index contributed by atoms with van der Waals surface area (Å²) in [5.41, 5.74) is 0.465. The first-order chi connectivity index (χ1) is 18.2. The van der Waals surface area contributed by atoms with Crippen molar-refractivity contribution in [2.24, 2.45) is 0 Å². The van der Waals surface area contributed by atoms with E-state index in [1.54, 1.807) is 12.1 Å². The third kappa shape index (κ3) is 6.51. The number of anilines is 3. The SMILES string of the molecule is CC(=N)c1cc(N2CCN(S(C)(=O)=O)C[C@H]2Cc2ccccc2)ccc1Nc1cc(C(F)(F)F)cc(O)c1F. The second-order valence-corrected chi connectivity index (χ2v) is 11.5. The molecule has 0 spiro atoms. The molecule has 0 bridgehead atoms. The number of benzene rings is 3. The summed E-state index contributed by atoms with van der Waals surface area (Å²) in [6.07, 6.45) is -3.07. The normalized spacial score (nSPS) is 16.8. The quantitative estimate of drug-likeness (QED) is 0.265. The maximum absolute atomic E-state index is 14.6. The summed E-state index contributed by atoms with van der Waals surface area (Å²) in [6, 6.07) is 15.1. The summed E-state index contributed by atoms with van der Waals surface area (Å²) in [6.45, 7) is 2.39. The van der Waals surface area contributed by atoms with Crippen LogP contribution < -0.4 is 10.2 Å². The molecule has 0 saturated carbocycles. The molecule has 3 aromatic carbocycles. The molecule has 4 rings (SSSR count). The highest BCUT2D eigenvalue weighted by atomic mass is 32.2. The van der Waals surface area contributed by atoms with E-state index in [0.29, 0.717) is 36.3 Å². The molecule has 1 fully saturated rings. The van der Waals surface area contributed by atoms with Crippen LogP contribution in [0.4, 0.5) is 34.6 Å². The van der Waals surface area contributed by atoms with Gasteiger partial charge in [0.2, 0.25) is 10.0 Å². The Morgan fingerprint density at radius 2 is 1.77 bits per heavy atom. The predicted octanol–water partition coefficient (Wildman–Crippen LogP) is 5.37. The van der Waals surface area contributed by atoms with E-state index in [1.807, 2.05) is 35.2 Å². The lowest BCUT2D eigenvalue weighted by Gasteiger charge is -2.42. The Hall–Kier alpha value is -3.64. The molecule has 1 aliphatic rings. The Morgan fingerprint density at radius 1 is 1.08 bits per heavy atom. The van der Waals surface area contributed by atoms with Gasteiger partial charge in [-0.05, 0) is 49.2 Å². The smallest absolute Gasteiger partial charge is 0.416 e. The second-order valence-electron chi connectivity index (χ2n) is 9.49. The number of alkyl halides is 3. The zero-order chi connectivity index (χ0) is 28.5. The van der Waals surface area contributed by atoms with Crippen LogP contribution in [0.15, 0.2) is 60.7 Å². The van der Waals surface area contributed by atoms with Crippen LogP contribution in [0.2, 0.25) is 0 Å². The van der Waals surface area contributed by atoms with E-state index in [-0.39, 0.29) is 30.5 Å². The fourth-order valence-corrected chi connectivity index (χ4v) is 5.52. The molecule has 3 aromatic rings. The van der Waals surface area contributed by atoms with Gasteiger partial charge in [0, 0.05) is 48.3 Å². The van der Waals surface area contributed by atoms with Gasteiger partial charge in [-0.3, -0.25) is 0 Å². The first kappa shape index (κ1) is 28.4. The van der Waals surface area contributed by atoms with E-state index in [4.69, 9.17) is 5.41 Å². The summed E-state index contributed by atoms with van der Waals surface area (Å²) in [4.78, 5) is 2.04. The van der Waals surface area contributed by atoms with Crippen LogP contribution in [0.1, 0.15) is 23.6 Å². The predicted molar refractivity (Wildman–Crippen MR) is 143 cm³/mol. The fourth-order valence-electron chi connectivity index (χ4n) is 4.67. The van der Waals surface area contributed by atoms with Gasteiger partial charge in [0.05, 0.1) is 17.5 Å². The number of nitrogens with one attached hydrogen (secondary N) is 2. The van der Waals surface area contributed by atoms with Gasteiger partial charge in [0.1, 0.15) is 0 Å². The Bertz CT molecular complexity index is 1480. The molecule has 0 amide bonds. The average molecular weight is 565 g/mol. The van der Waals surface area contributed by atoms with Crippen molar-refractivity contribution in [3.05, 3.63) is 83.2 Å². The largest absolute Gasteiger partial charge is 0.505 e. The van der Waals surface area contributed by atoms with E-state index in [9.17, 15) is 31.1 Å². The molecule has 3 N–H and O–H groups in total. The Labute approximate surface area is 224 Å². The molecular weight excluding hydrogens is 536 g/mol. The summed E-state index contributed by atoms with van der Waals surface area (Å²) < 4.78 is 80.3. The van der Waals surface area contributed by atoms with Crippen molar-refractivity contribution in [1.82, 2.24) is 4.31 Å². The molecular formula is C27H28F4N4O3S. The number of piperazine rings is 1. The summed E-state index contributed by atoms with van der Waals surface area (Å²) in [7, 11) is -3.41. The lowest BCUT2D eigenvalue weighted by Crippen LogP contribution is -2.55. The highest BCUT2D eigenvalue weighted by Gasteiger charge is 2.34. The van der Waals surface area contributed by atoms with Crippen LogP contribution in [-0.2, 0) is 22.6 Å². The van der Waals surface area contributed by atoms with Gasteiger partial charge in [0.25, 0.3) is 0 Å². The highest BCUT2D eigenvalue weighted by molar-refractivity contribution is 7.88. The van der Waals surface area contributed by atoms with E-state index in [1.165, 1.54) is 23.6 Å². The van der Waals surface area contributed by atoms with Gasteiger partial charge < -0.3 is 20.7 Å². The zero-order valence-electron chi connectivity index (χ0n) is 21.3. The number of hydrogen-bond acceptors (Lipinski definition) is 6. The number of sulfonamides is 1. The van der Waals surface area contributed by atoms with Crippen LogP contribution in [0.3, 0.4) is 0 Å². The van der Waals surface area contributed by atoms with Gasteiger partial charge >= 0.3 is 6.18 Å². The summed E-state index contributed by atoms with van der Waals surface area (Å²) in [5.74, 6) is -2.40. The third-order valence-electron chi connectivity index (χ3n) is 6.62. The van der Waals surface area contributed by atoms with E-state index >= 15 is 0 Å². The molecule has 7 nitrogen and oxygen atoms in total. The van der Waals surface area contributed by atoms with Crippen LogP contribution in [-0.4, -0.2) is 55.5 Å². The standard InChI is InChI=1S/C27H28F4N4O3S/c1-17(32)22-15-20(8-9-23(22)33-24-13-19(27(29,30)31)14-25(36)26(24)28)35-11-10-34(39(2,37)38)16-21(35)12-18-6-4-3-5-7-18/h3-9,13-15,21,32-33,36H,10-12,16H2,1-2H3/t21-/m1/s1. The maximum atomic E-state index is 14.6. The number of rotatable bonds is 7. The summed E-state index contributed by atoms with van der Waals surface area (Å²) >= 11 is 0. The van der Waals surface area contributed by atoms with Crippen molar-refractivity contribution in [2.75, 3.05) is 36.1 Å². The van der Waals surface area contributed by atoms with Crippen molar-refractivity contribution in [3.8, 4) is 5.75 Å².